The number of rotatable bonds is 8. The summed E-state index contributed by atoms with van der Waals surface area (Å²) in [6, 6.07) is 16.6. The van der Waals surface area contributed by atoms with Crippen LogP contribution in [0.2, 0.25) is 0 Å². The Morgan fingerprint density at radius 1 is 1.00 bits per heavy atom. The number of amides is 3. The highest BCUT2D eigenvalue weighted by Crippen LogP contribution is 2.64. The Balaban J connectivity index is 1.57. The lowest BCUT2D eigenvalue weighted by Crippen LogP contribution is -2.60. The van der Waals surface area contributed by atoms with E-state index in [0.29, 0.717) is 24.9 Å². The molecule has 0 aromatic heterocycles. The summed E-state index contributed by atoms with van der Waals surface area (Å²) >= 11 is 0. The van der Waals surface area contributed by atoms with Crippen LogP contribution in [0, 0.1) is 17.3 Å². The Morgan fingerprint density at radius 2 is 1.61 bits per heavy atom. The number of benzene rings is 2. The molecule has 0 radical (unpaired) electrons. The molecule has 8 nitrogen and oxygen atoms in total. The number of nitrogens with one attached hydrogen (secondary N) is 2. The average molecular weight is 562 g/mol. The lowest BCUT2D eigenvalue weighted by atomic mass is 9.66. The minimum Gasteiger partial charge on any atom is -0.394 e. The lowest BCUT2D eigenvalue weighted by molar-refractivity contribution is -0.149. The van der Waals surface area contributed by atoms with Gasteiger partial charge in [0, 0.05) is 11.2 Å². The topological polar surface area (TPSA) is 108 Å². The van der Waals surface area contributed by atoms with Crippen molar-refractivity contribution in [2.75, 3.05) is 11.9 Å². The van der Waals surface area contributed by atoms with Crippen molar-refractivity contribution in [3.63, 3.8) is 0 Å². The maximum atomic E-state index is 14.5. The summed E-state index contributed by atoms with van der Waals surface area (Å²) in [6.07, 6.45) is 1.73. The zero-order valence-electron chi connectivity index (χ0n) is 24.9. The van der Waals surface area contributed by atoms with Gasteiger partial charge in [0.1, 0.15) is 11.6 Å². The number of ether oxygens (including phenoxy) is 1. The maximum Gasteiger partial charge on any atom is 0.246 e. The molecule has 2 unspecified atom stereocenters. The first-order valence-corrected chi connectivity index (χ1v) is 14.6. The minimum atomic E-state index is -1.19. The normalized spacial score (nSPS) is 29.8. The summed E-state index contributed by atoms with van der Waals surface area (Å²) in [5.74, 6) is -2.60. The van der Waals surface area contributed by atoms with Gasteiger partial charge in [-0.2, -0.15) is 0 Å². The van der Waals surface area contributed by atoms with Gasteiger partial charge in [-0.1, -0.05) is 69.3 Å². The Morgan fingerprint density at radius 3 is 2.20 bits per heavy atom. The molecule has 0 aliphatic carbocycles. The van der Waals surface area contributed by atoms with Crippen molar-refractivity contribution in [3.8, 4) is 0 Å². The predicted octanol–water partition coefficient (Wildman–Crippen LogP) is 4.45. The molecule has 5 rings (SSSR count). The number of likely N-dealkylation sites (tertiary alicyclic amines) is 1. The van der Waals surface area contributed by atoms with E-state index in [-0.39, 0.29) is 29.7 Å². The van der Waals surface area contributed by atoms with Gasteiger partial charge in [0.2, 0.25) is 17.7 Å². The van der Waals surface area contributed by atoms with Gasteiger partial charge < -0.3 is 25.4 Å². The van der Waals surface area contributed by atoms with Crippen LogP contribution >= 0.6 is 0 Å². The molecule has 8 heteroatoms. The van der Waals surface area contributed by atoms with Crippen molar-refractivity contribution in [1.82, 2.24) is 10.2 Å². The third-order valence-electron chi connectivity index (χ3n) is 8.91. The molecule has 41 heavy (non-hydrogen) atoms. The smallest absolute Gasteiger partial charge is 0.246 e. The first-order chi connectivity index (χ1) is 19.2. The van der Waals surface area contributed by atoms with Gasteiger partial charge in [-0.15, -0.1) is 0 Å². The molecule has 220 valence electrons. The van der Waals surface area contributed by atoms with Crippen LogP contribution in [-0.4, -0.2) is 57.1 Å². The highest BCUT2D eigenvalue weighted by Gasteiger charge is 2.78. The van der Waals surface area contributed by atoms with Gasteiger partial charge in [0.05, 0.1) is 30.1 Å². The van der Waals surface area contributed by atoms with Gasteiger partial charge in [0.25, 0.3) is 0 Å². The second-order valence-corrected chi connectivity index (χ2v) is 14.0. The number of hydrogen-bond donors (Lipinski definition) is 3. The minimum absolute atomic E-state index is 0.0448. The van der Waals surface area contributed by atoms with Crippen LogP contribution in [0.4, 0.5) is 5.69 Å². The molecular formula is C33H43N3O5. The number of hydrogen-bond acceptors (Lipinski definition) is 5. The molecule has 2 bridgehead atoms. The monoisotopic (exact) mass is 561 g/mol. The molecule has 3 aliphatic rings. The molecule has 3 heterocycles. The van der Waals surface area contributed by atoms with Crippen molar-refractivity contribution in [3.05, 3.63) is 66.2 Å². The molecule has 3 saturated heterocycles. The van der Waals surface area contributed by atoms with Crippen molar-refractivity contribution in [2.24, 2.45) is 17.3 Å². The van der Waals surface area contributed by atoms with Gasteiger partial charge in [-0.25, -0.2) is 0 Å². The number of aliphatic hydroxyl groups excluding tert-OH is 1. The molecule has 3 fully saturated rings. The Labute approximate surface area is 242 Å². The van der Waals surface area contributed by atoms with Crippen molar-refractivity contribution < 1.29 is 24.2 Å². The van der Waals surface area contributed by atoms with E-state index >= 15 is 0 Å². The summed E-state index contributed by atoms with van der Waals surface area (Å²) in [5.41, 5.74) is -1.34. The van der Waals surface area contributed by atoms with Crippen LogP contribution in [0.15, 0.2) is 60.7 Å². The zero-order valence-corrected chi connectivity index (χ0v) is 24.9. The third kappa shape index (κ3) is 5.17. The SMILES string of the molecule is CC(C)(C)CC(C)(C)NC(=O)C1N([C@H](CO)c2ccccc2)C(=O)[C@@H]2[C@@H](C(=O)Nc3ccccc3)[C@@]3(C)CCC12O3. The molecule has 3 N–H and O–H groups in total. The molecule has 6 atom stereocenters. The number of carbonyl (C=O) groups excluding carboxylic acids is 3. The zero-order chi connectivity index (χ0) is 29.8. The molecule has 3 amide bonds. The van der Waals surface area contributed by atoms with E-state index in [1.165, 1.54) is 4.90 Å². The Hall–Kier alpha value is -3.23. The fourth-order valence-corrected chi connectivity index (χ4v) is 7.94. The van der Waals surface area contributed by atoms with E-state index in [4.69, 9.17) is 4.74 Å². The van der Waals surface area contributed by atoms with Gasteiger partial charge in [-0.3, -0.25) is 14.4 Å². The average Bonchev–Trinajstić information content (AvgIpc) is 3.45. The van der Waals surface area contributed by atoms with Crippen LogP contribution < -0.4 is 10.6 Å². The third-order valence-corrected chi connectivity index (χ3v) is 8.91. The van der Waals surface area contributed by atoms with Crippen LogP contribution in [0.3, 0.4) is 0 Å². The summed E-state index contributed by atoms with van der Waals surface area (Å²) in [6.45, 7) is 11.8. The number of para-hydroxylation sites is 1. The highest BCUT2D eigenvalue weighted by molar-refractivity contribution is 6.02. The fraction of sp³-hybridized carbons (Fsp3) is 0.545. The predicted molar refractivity (Wildman–Crippen MR) is 157 cm³/mol. The van der Waals surface area contributed by atoms with Gasteiger partial charge in [-0.05, 0) is 63.1 Å². The lowest BCUT2D eigenvalue weighted by Gasteiger charge is -2.40. The summed E-state index contributed by atoms with van der Waals surface area (Å²) in [5, 5.41) is 16.9. The van der Waals surface area contributed by atoms with Crippen molar-refractivity contribution in [2.45, 2.75) is 89.6 Å². The van der Waals surface area contributed by atoms with E-state index in [2.05, 4.69) is 31.4 Å². The van der Waals surface area contributed by atoms with Gasteiger partial charge in [0.15, 0.2) is 0 Å². The fourth-order valence-electron chi connectivity index (χ4n) is 7.94. The Bertz CT molecular complexity index is 1310. The molecule has 2 aromatic carbocycles. The summed E-state index contributed by atoms with van der Waals surface area (Å²) in [4.78, 5) is 44.3. The van der Waals surface area contributed by atoms with E-state index in [0.717, 1.165) is 5.56 Å². The van der Waals surface area contributed by atoms with Crippen LogP contribution in [0.1, 0.15) is 72.4 Å². The van der Waals surface area contributed by atoms with E-state index in [1.807, 2.05) is 69.3 Å². The van der Waals surface area contributed by atoms with Crippen molar-refractivity contribution in [1.29, 1.82) is 0 Å². The molecule has 3 aliphatic heterocycles. The standard InChI is InChI=1S/C33H43N3O5/c1-30(2,3)20-31(4,5)35-28(39)26-33-18-17-32(6,41-33)24(27(38)34-22-15-11-8-12-16-22)25(33)29(40)36(26)23(19-37)21-13-9-7-10-14-21/h7-16,23-26,37H,17-20H2,1-6H3,(H,34,38)(H,35,39)/t23-,24+,25+,26?,32-,33?/m1/s1. The number of anilines is 1. The number of aliphatic hydroxyl groups is 1. The summed E-state index contributed by atoms with van der Waals surface area (Å²) < 4.78 is 6.76. The van der Waals surface area contributed by atoms with Crippen LogP contribution in [0.5, 0.6) is 0 Å². The number of carbonyl (C=O) groups is 3. The van der Waals surface area contributed by atoms with E-state index < -0.39 is 40.7 Å². The van der Waals surface area contributed by atoms with Gasteiger partial charge >= 0.3 is 0 Å². The first-order valence-electron chi connectivity index (χ1n) is 14.6. The number of fused-ring (bicyclic) bond motifs is 1. The van der Waals surface area contributed by atoms with Crippen LogP contribution in [0.25, 0.3) is 0 Å². The first kappa shape index (κ1) is 29.3. The largest absolute Gasteiger partial charge is 0.394 e. The van der Waals surface area contributed by atoms with E-state index in [1.54, 1.807) is 12.1 Å². The second kappa shape index (κ2) is 10.2. The highest BCUT2D eigenvalue weighted by atomic mass is 16.5. The quantitative estimate of drug-likeness (QED) is 0.441. The second-order valence-electron chi connectivity index (χ2n) is 14.0. The van der Waals surface area contributed by atoms with Crippen molar-refractivity contribution >= 4 is 23.4 Å². The maximum absolute atomic E-state index is 14.5. The molecule has 2 aromatic rings. The summed E-state index contributed by atoms with van der Waals surface area (Å²) in [7, 11) is 0. The van der Waals surface area contributed by atoms with Crippen LogP contribution in [-0.2, 0) is 19.1 Å². The molecule has 1 spiro atoms. The molecular weight excluding hydrogens is 518 g/mol. The molecule has 0 saturated carbocycles. The Kier molecular flexibility index (Phi) is 7.31. The van der Waals surface area contributed by atoms with E-state index in [9.17, 15) is 19.5 Å². The number of nitrogens with zero attached hydrogens (tertiary/aromatic N) is 1.